The van der Waals surface area contributed by atoms with Gasteiger partial charge in [-0.15, -0.1) is 0 Å². The topological polar surface area (TPSA) is 16.3 Å². The molecule has 0 atom stereocenters. The lowest BCUT2D eigenvalue weighted by molar-refractivity contribution is 0.590. The summed E-state index contributed by atoms with van der Waals surface area (Å²) in [6.45, 7) is 9.46. The normalized spacial score (nSPS) is 13.4. The third-order valence-electron chi connectivity index (χ3n) is 25.6. The molecule has 16 aromatic carbocycles. The monoisotopic (exact) mass is 1450 g/mol. The number of aromatic nitrogens is 2. The van der Waals surface area contributed by atoms with Gasteiger partial charge in [0.25, 0.3) is 6.71 Å². The summed E-state index contributed by atoms with van der Waals surface area (Å²) in [7, 11) is 0. The predicted octanol–water partition coefficient (Wildman–Crippen LogP) is 24.9. The van der Waals surface area contributed by atoms with Gasteiger partial charge in [0.2, 0.25) is 0 Å². The molecule has 0 saturated carbocycles. The van der Waals surface area contributed by atoms with E-state index in [0.29, 0.717) is 0 Å². The predicted molar refractivity (Wildman–Crippen MR) is 477 cm³/mol. The van der Waals surface area contributed by atoms with Gasteiger partial charge in [-0.1, -0.05) is 324 Å². The molecule has 4 aliphatic rings. The Hall–Kier alpha value is -13.2. The van der Waals surface area contributed by atoms with Gasteiger partial charge in [0.1, 0.15) is 0 Å². The third kappa shape index (κ3) is 10.5. The fourth-order valence-corrected chi connectivity index (χ4v) is 20.6. The van der Waals surface area contributed by atoms with Crippen molar-refractivity contribution < 1.29 is 0 Å². The zero-order valence-corrected chi connectivity index (χ0v) is 64.0. The van der Waals surface area contributed by atoms with Gasteiger partial charge in [-0.2, -0.15) is 0 Å². The van der Waals surface area contributed by atoms with Crippen molar-refractivity contribution in [1.82, 2.24) is 9.13 Å². The molecule has 0 unspecified atom stereocenters. The maximum Gasteiger partial charge on any atom is 0.252 e. The number of nitrogens with zero attached hydrogens (tertiary/aromatic N) is 4. The molecule has 113 heavy (non-hydrogen) atoms. The number of hydrogen-bond donors (Lipinski definition) is 0. The summed E-state index contributed by atoms with van der Waals surface area (Å²) in [4.78, 5) is 5.57. The quantitative estimate of drug-likeness (QED) is 0.0751. The standard InChI is InChI=1S/C108H83BN4/c1-107(2,3)76-65-104-106-105(66-76)111(63-61-83-80(74-36-12-6-13-37-74)49-31-50-81(83)75-38-14-7-15-39-75)102-64-71(70-112-98-54-25-19-44-87(98)88-45-20-26-55-99(88)112)57-59-96(102)109(106)97-60-58-77(67-103(97)110(104)62-29-28-40-82-78(72-32-8-4-9-33-72)47-30-48-79(82)73-34-10-5-11-35-73)113-100-56-27-21-46-89(100)91-68-90-86-43-18-24-53-94(86)108(95(90)69-101(91)113)92-51-22-16-41-84(92)85-42-17-23-52-93(85)108/h4-27,30-39,41-60,64-69H,28-29,40,61-63,70H2,1-3H3. The smallest absolute Gasteiger partial charge is 0.252 e. The molecule has 538 valence electrons. The van der Waals surface area contributed by atoms with E-state index in [1.165, 1.54) is 194 Å². The molecule has 2 aromatic heterocycles. The van der Waals surface area contributed by atoms with Crippen molar-refractivity contribution in [2.24, 2.45) is 0 Å². The molecule has 18 aromatic rings. The lowest BCUT2D eigenvalue weighted by Gasteiger charge is -2.45. The second-order valence-electron chi connectivity index (χ2n) is 32.7. The molecular formula is C108H83BN4. The second-order valence-corrected chi connectivity index (χ2v) is 32.7. The van der Waals surface area contributed by atoms with Crippen LogP contribution >= 0.6 is 0 Å². The van der Waals surface area contributed by atoms with Crippen LogP contribution in [0.1, 0.15) is 78.1 Å². The summed E-state index contributed by atoms with van der Waals surface area (Å²) in [5.74, 6) is 0. The van der Waals surface area contributed by atoms with Crippen LogP contribution in [0.25, 0.3) is 116 Å². The highest BCUT2D eigenvalue weighted by Crippen LogP contribution is 2.64. The molecule has 0 N–H and O–H groups in total. The van der Waals surface area contributed by atoms with E-state index >= 15 is 0 Å². The molecule has 2 aliphatic carbocycles. The number of rotatable bonds is 15. The molecular weight excluding hydrogens is 1360 g/mol. The SMILES string of the molecule is CC(C)(C)c1cc2c3c(c1)N(CCc1c(-c4ccccc4)cccc1-c1ccccc1)c1cc(Cn4c5ccccc5c5ccccc54)ccc1B3c1ccc(-n3c4ccccc4c4cc5c(cc43)C3(c4ccccc4-c4ccccc43)c3ccccc3-5)cc1N2CCCCc1c(-c2ccccc2)cccc1-c1ccccc1. The molecule has 0 bridgehead atoms. The van der Waals surface area contributed by atoms with E-state index in [1.807, 2.05) is 0 Å². The third-order valence-corrected chi connectivity index (χ3v) is 25.6. The van der Waals surface area contributed by atoms with Crippen LogP contribution in [0.5, 0.6) is 0 Å². The minimum absolute atomic E-state index is 0.0900. The maximum absolute atomic E-state index is 2.80. The van der Waals surface area contributed by atoms with Crippen LogP contribution in [0, 0.1) is 0 Å². The number of unbranched alkanes of at least 4 members (excludes halogenated alkanes) is 1. The lowest BCUT2D eigenvalue weighted by Crippen LogP contribution is -2.62. The van der Waals surface area contributed by atoms with Crippen molar-refractivity contribution in [2.75, 3.05) is 22.9 Å². The molecule has 0 radical (unpaired) electrons. The van der Waals surface area contributed by atoms with Gasteiger partial charge in [0.05, 0.1) is 16.4 Å². The Morgan fingerprint density at radius 2 is 0.726 bits per heavy atom. The summed E-state index contributed by atoms with van der Waals surface area (Å²) in [5, 5.41) is 5.08. The summed E-state index contributed by atoms with van der Waals surface area (Å²) >= 11 is 0. The van der Waals surface area contributed by atoms with Crippen LogP contribution in [-0.4, -0.2) is 28.9 Å². The summed E-state index contributed by atoms with van der Waals surface area (Å²) < 4.78 is 5.18. The van der Waals surface area contributed by atoms with Crippen molar-refractivity contribution in [2.45, 2.75) is 63.8 Å². The zero-order chi connectivity index (χ0) is 75.0. The van der Waals surface area contributed by atoms with E-state index in [1.54, 1.807) is 0 Å². The minimum Gasteiger partial charge on any atom is -0.342 e. The first kappa shape index (κ1) is 66.7. The van der Waals surface area contributed by atoms with Crippen molar-refractivity contribution in [1.29, 1.82) is 0 Å². The van der Waals surface area contributed by atoms with Gasteiger partial charge in [-0.05, 0) is 219 Å². The Kier molecular flexibility index (Phi) is 15.7. The lowest BCUT2D eigenvalue weighted by atomic mass is 9.33. The van der Waals surface area contributed by atoms with Crippen molar-refractivity contribution in [3.8, 4) is 72.4 Å². The Morgan fingerprint density at radius 3 is 1.25 bits per heavy atom. The molecule has 0 saturated heterocycles. The van der Waals surface area contributed by atoms with E-state index in [2.05, 4.69) is 404 Å². The molecule has 1 spiro atoms. The second kappa shape index (κ2) is 26.5. The average Bonchev–Trinajstić information content (AvgIpc) is 1.44. The van der Waals surface area contributed by atoms with Gasteiger partial charge in [0, 0.05) is 80.6 Å². The Morgan fingerprint density at radius 1 is 0.301 bits per heavy atom. The molecule has 0 fully saturated rings. The first-order chi connectivity index (χ1) is 55.7. The van der Waals surface area contributed by atoms with Gasteiger partial charge >= 0.3 is 0 Å². The van der Waals surface area contributed by atoms with Crippen molar-refractivity contribution >= 4 is 89.5 Å². The fraction of sp³-hybridized carbons (Fsp3) is 0.111. The van der Waals surface area contributed by atoms with Crippen molar-refractivity contribution in [3.05, 3.63) is 408 Å². The number of hydrogen-bond acceptors (Lipinski definition) is 2. The van der Waals surface area contributed by atoms with Crippen LogP contribution in [0.4, 0.5) is 22.7 Å². The van der Waals surface area contributed by atoms with E-state index in [4.69, 9.17) is 0 Å². The van der Waals surface area contributed by atoms with Crippen LogP contribution < -0.4 is 26.2 Å². The first-order valence-corrected chi connectivity index (χ1v) is 40.5. The summed E-state index contributed by atoms with van der Waals surface area (Å²) in [5.41, 5.74) is 40.7. The van der Waals surface area contributed by atoms with Gasteiger partial charge in [-0.3, -0.25) is 0 Å². The Balaban J connectivity index is 0.760. The molecule has 0 amide bonds. The highest BCUT2D eigenvalue weighted by Gasteiger charge is 2.52. The van der Waals surface area contributed by atoms with E-state index in [0.717, 1.165) is 51.0 Å². The fourth-order valence-electron chi connectivity index (χ4n) is 20.6. The Bertz CT molecular complexity index is 6620. The van der Waals surface area contributed by atoms with Gasteiger partial charge < -0.3 is 18.9 Å². The molecule has 2 aliphatic heterocycles. The average molecular weight is 1450 g/mol. The number of para-hydroxylation sites is 3. The highest BCUT2D eigenvalue weighted by atomic mass is 15.2. The first-order valence-electron chi connectivity index (χ1n) is 40.5. The Labute approximate surface area is 661 Å². The maximum atomic E-state index is 2.80. The van der Waals surface area contributed by atoms with E-state index < -0.39 is 5.41 Å². The van der Waals surface area contributed by atoms with Crippen LogP contribution in [0.15, 0.2) is 364 Å². The van der Waals surface area contributed by atoms with Crippen LogP contribution in [0.2, 0.25) is 0 Å². The molecule has 4 heterocycles. The summed E-state index contributed by atoms with van der Waals surface area (Å²) in [6, 6.07) is 139. The van der Waals surface area contributed by atoms with Crippen LogP contribution in [0.3, 0.4) is 0 Å². The van der Waals surface area contributed by atoms with E-state index in [9.17, 15) is 0 Å². The molecule has 22 rings (SSSR count). The molecule has 5 heteroatoms. The number of benzene rings is 16. The van der Waals surface area contributed by atoms with Gasteiger partial charge in [0.15, 0.2) is 0 Å². The van der Waals surface area contributed by atoms with Crippen molar-refractivity contribution in [3.63, 3.8) is 0 Å². The number of fused-ring (bicyclic) bond motifs is 20. The summed E-state index contributed by atoms with van der Waals surface area (Å²) in [6.07, 6.45) is 3.68. The minimum atomic E-state index is -0.502. The zero-order valence-electron chi connectivity index (χ0n) is 64.0. The van der Waals surface area contributed by atoms with Crippen LogP contribution in [-0.2, 0) is 30.2 Å². The van der Waals surface area contributed by atoms with E-state index in [-0.39, 0.29) is 12.1 Å². The number of anilines is 4. The largest absolute Gasteiger partial charge is 0.342 e. The van der Waals surface area contributed by atoms with Gasteiger partial charge in [-0.25, -0.2) is 0 Å². The molecule has 4 nitrogen and oxygen atoms in total. The highest BCUT2D eigenvalue weighted by molar-refractivity contribution is 7.00.